The molecule has 5 saturated heterocycles. The molecule has 0 amide bonds. The molecule has 362 valence electrons. The Kier molecular flexibility index (Phi) is 29.4. The van der Waals surface area contributed by atoms with Gasteiger partial charge in [0, 0.05) is 0 Å². The highest BCUT2D eigenvalue weighted by molar-refractivity contribution is 5.32. The lowest BCUT2D eigenvalue weighted by Gasteiger charge is -2.06. The molecule has 0 saturated carbocycles. The minimum Gasteiger partial charge on any atom is -0.491 e. The lowest BCUT2D eigenvalue weighted by atomic mass is 10.2. The van der Waals surface area contributed by atoms with E-state index in [1.807, 2.05) is 153 Å². The average Bonchev–Trinajstić information content (AvgIpc) is 4.11. The van der Waals surface area contributed by atoms with Crippen molar-refractivity contribution >= 4 is 0 Å². The lowest BCUT2D eigenvalue weighted by Crippen LogP contribution is -2.04. The summed E-state index contributed by atoms with van der Waals surface area (Å²) < 4.78 is 52.4. The molecule has 0 bridgehead atoms. The van der Waals surface area contributed by atoms with Gasteiger partial charge in [-0.25, -0.2) is 0 Å². The average molecular weight is 911 g/mol. The molecule has 5 aliphatic rings. The molecule has 0 aliphatic carbocycles. The van der Waals surface area contributed by atoms with E-state index in [-0.39, 0.29) is 0 Å². The lowest BCUT2D eigenvalue weighted by molar-refractivity contribution is 0.262. The highest BCUT2D eigenvalue weighted by Gasteiger charge is 2.25. The Morgan fingerprint density at radius 3 is 0.727 bits per heavy atom. The summed E-state index contributed by atoms with van der Waals surface area (Å²) in [5, 5.41) is 0. The van der Waals surface area contributed by atoms with Crippen molar-refractivity contribution in [1.29, 1.82) is 0 Å². The van der Waals surface area contributed by atoms with Crippen molar-refractivity contribution in [3.05, 3.63) is 151 Å². The molecular formula is C56H78O10. The SMILES string of the molecule is CCC.CCC.CCC.Cc1ccccc1OCC1CO1.Cc1ccccc1OCC1CO1.c1ccc(OCC2CO2)cc1.c1ccc(OCC2CO2)cc1.c1ccc(OCC2CO2)cc1. The van der Waals surface area contributed by atoms with Crippen molar-refractivity contribution in [3.63, 3.8) is 0 Å². The molecule has 5 heterocycles. The molecule has 5 fully saturated rings. The van der Waals surface area contributed by atoms with Gasteiger partial charge in [0.15, 0.2) is 0 Å². The molecule has 66 heavy (non-hydrogen) atoms. The van der Waals surface area contributed by atoms with Gasteiger partial charge in [0.05, 0.1) is 33.0 Å². The second kappa shape index (κ2) is 35.1. The van der Waals surface area contributed by atoms with Crippen LogP contribution in [0.1, 0.15) is 71.9 Å². The molecule has 0 aromatic heterocycles. The third-order valence-electron chi connectivity index (χ3n) is 8.59. The number of hydrogen-bond donors (Lipinski definition) is 0. The van der Waals surface area contributed by atoms with E-state index in [1.165, 1.54) is 30.4 Å². The molecule has 0 N–H and O–H groups in total. The minimum atomic E-state index is 0.338. The third kappa shape index (κ3) is 30.2. The Morgan fingerprint density at radius 2 is 0.515 bits per heavy atom. The van der Waals surface area contributed by atoms with Gasteiger partial charge in [-0.05, 0) is 73.5 Å². The van der Waals surface area contributed by atoms with Crippen molar-refractivity contribution < 1.29 is 47.4 Å². The van der Waals surface area contributed by atoms with Gasteiger partial charge >= 0.3 is 0 Å². The predicted octanol–water partition coefficient (Wildman–Crippen LogP) is 12.2. The molecular weight excluding hydrogens is 833 g/mol. The molecule has 5 aromatic carbocycles. The topological polar surface area (TPSA) is 109 Å². The van der Waals surface area contributed by atoms with E-state index >= 15 is 0 Å². The van der Waals surface area contributed by atoms with Crippen LogP contribution in [0, 0.1) is 13.8 Å². The van der Waals surface area contributed by atoms with E-state index in [9.17, 15) is 0 Å². The van der Waals surface area contributed by atoms with Crippen molar-refractivity contribution in [1.82, 2.24) is 0 Å². The first kappa shape index (κ1) is 55.2. The zero-order valence-electron chi connectivity index (χ0n) is 40.9. The monoisotopic (exact) mass is 911 g/mol. The van der Waals surface area contributed by atoms with Gasteiger partial charge in [0.25, 0.3) is 0 Å². The van der Waals surface area contributed by atoms with Crippen LogP contribution >= 0.6 is 0 Å². The normalized spacial score (nSPS) is 18.9. The molecule has 5 unspecified atom stereocenters. The first-order valence-electron chi connectivity index (χ1n) is 23.8. The van der Waals surface area contributed by atoms with Crippen LogP contribution in [0.15, 0.2) is 140 Å². The summed E-state index contributed by atoms with van der Waals surface area (Å²) in [5.41, 5.74) is 2.36. The summed E-state index contributed by atoms with van der Waals surface area (Å²) in [6.45, 7) is 24.5. The fraction of sp³-hybridized carbons (Fsp3) is 0.464. The van der Waals surface area contributed by atoms with Crippen LogP contribution < -0.4 is 23.7 Å². The molecule has 10 nitrogen and oxygen atoms in total. The summed E-state index contributed by atoms with van der Waals surface area (Å²) >= 11 is 0. The van der Waals surface area contributed by atoms with Gasteiger partial charge in [-0.2, -0.15) is 0 Å². The van der Waals surface area contributed by atoms with Gasteiger partial charge in [0.2, 0.25) is 0 Å². The van der Waals surface area contributed by atoms with Gasteiger partial charge in [-0.1, -0.05) is 152 Å². The molecule has 0 radical (unpaired) electrons. The van der Waals surface area contributed by atoms with Gasteiger partial charge in [-0.3, -0.25) is 0 Å². The van der Waals surface area contributed by atoms with Crippen LogP contribution in [0.4, 0.5) is 0 Å². The second-order valence-electron chi connectivity index (χ2n) is 15.9. The molecule has 0 spiro atoms. The van der Waals surface area contributed by atoms with E-state index in [0.717, 1.165) is 61.8 Å². The van der Waals surface area contributed by atoms with Gasteiger partial charge in [0.1, 0.15) is 92.3 Å². The third-order valence-corrected chi connectivity index (χ3v) is 8.59. The zero-order valence-corrected chi connectivity index (χ0v) is 40.9. The highest BCUT2D eigenvalue weighted by atomic mass is 16.6. The highest BCUT2D eigenvalue weighted by Crippen LogP contribution is 2.20. The van der Waals surface area contributed by atoms with E-state index in [4.69, 9.17) is 47.4 Å². The first-order chi connectivity index (χ1) is 32.3. The number of ether oxygens (including phenoxy) is 10. The number of para-hydroxylation sites is 5. The fourth-order valence-corrected chi connectivity index (χ4v) is 4.74. The maximum Gasteiger partial charge on any atom is 0.122 e. The summed E-state index contributed by atoms with van der Waals surface area (Å²) in [7, 11) is 0. The van der Waals surface area contributed by atoms with Crippen LogP contribution in [0.3, 0.4) is 0 Å². The standard InChI is InChI=1S/2C10H12O2.3C9H10O2.3C3H8/c2*1-8-4-2-3-5-10(8)12-7-9-6-11-9;3*1-2-4-8(5-3-1)10-6-9-7-11-9;3*1-3-2/h2*2-5,9H,6-7H2,1H3;3*1-5,9H,6-7H2;3*3H2,1-2H3. The van der Waals surface area contributed by atoms with E-state index in [1.54, 1.807) is 0 Å². The predicted molar refractivity (Wildman–Crippen MR) is 266 cm³/mol. The molecule has 5 aromatic rings. The van der Waals surface area contributed by atoms with Crippen LogP contribution in [-0.4, -0.2) is 96.6 Å². The number of aryl methyl sites for hydroxylation is 2. The first-order valence-corrected chi connectivity index (χ1v) is 23.8. The minimum absolute atomic E-state index is 0.338. The van der Waals surface area contributed by atoms with Crippen LogP contribution in [0.2, 0.25) is 0 Å². The Labute approximate surface area is 396 Å². The Hall–Kier alpha value is -5.10. The second-order valence-corrected chi connectivity index (χ2v) is 15.9. The Morgan fingerprint density at radius 1 is 0.318 bits per heavy atom. The summed E-state index contributed by atoms with van der Waals surface area (Å²) in [4.78, 5) is 0. The quantitative estimate of drug-likeness (QED) is 0.0942. The van der Waals surface area contributed by atoms with E-state index < -0.39 is 0 Å². The molecule has 5 aliphatic heterocycles. The number of epoxide rings is 5. The maximum absolute atomic E-state index is 5.54. The van der Waals surface area contributed by atoms with Gasteiger partial charge in [-0.15, -0.1) is 0 Å². The largest absolute Gasteiger partial charge is 0.491 e. The van der Waals surface area contributed by atoms with Crippen LogP contribution in [0.25, 0.3) is 0 Å². The number of rotatable bonds is 15. The summed E-state index contributed by atoms with van der Waals surface area (Å²) in [6, 6.07) is 45.4. The summed E-state index contributed by atoms with van der Waals surface area (Å²) in [6.07, 6.45) is 5.45. The summed E-state index contributed by atoms with van der Waals surface area (Å²) in [5.74, 6) is 4.69. The van der Waals surface area contributed by atoms with E-state index in [2.05, 4.69) is 41.5 Å². The Bertz CT molecular complexity index is 1680. The van der Waals surface area contributed by atoms with Crippen molar-refractivity contribution in [2.75, 3.05) is 66.1 Å². The van der Waals surface area contributed by atoms with Crippen LogP contribution in [0.5, 0.6) is 28.7 Å². The molecule has 10 heteroatoms. The van der Waals surface area contributed by atoms with Crippen LogP contribution in [-0.2, 0) is 23.7 Å². The maximum atomic E-state index is 5.54. The number of hydrogen-bond acceptors (Lipinski definition) is 10. The smallest absolute Gasteiger partial charge is 0.122 e. The van der Waals surface area contributed by atoms with Gasteiger partial charge < -0.3 is 47.4 Å². The molecule has 10 rings (SSSR count). The number of benzene rings is 5. The Balaban J connectivity index is 0.000000209. The van der Waals surface area contributed by atoms with E-state index in [0.29, 0.717) is 63.6 Å². The van der Waals surface area contributed by atoms with Crippen molar-refractivity contribution in [3.8, 4) is 28.7 Å². The fourth-order valence-electron chi connectivity index (χ4n) is 4.74. The van der Waals surface area contributed by atoms with Crippen molar-refractivity contribution in [2.24, 2.45) is 0 Å². The molecule has 5 atom stereocenters. The zero-order chi connectivity index (χ0) is 47.5. The van der Waals surface area contributed by atoms with Crippen molar-refractivity contribution in [2.45, 2.75) is 105 Å².